The summed E-state index contributed by atoms with van der Waals surface area (Å²) in [5.74, 6) is -0.439. The van der Waals surface area contributed by atoms with Crippen molar-refractivity contribution in [3.63, 3.8) is 0 Å². The number of nitrogens with zero attached hydrogens (tertiary/aromatic N) is 2. The lowest BCUT2D eigenvalue weighted by Gasteiger charge is -2.16. The van der Waals surface area contributed by atoms with Gasteiger partial charge in [0.25, 0.3) is 0 Å². The molecule has 1 atom stereocenters. The van der Waals surface area contributed by atoms with Crippen molar-refractivity contribution in [2.45, 2.75) is 12.3 Å². The molecule has 0 spiro atoms. The van der Waals surface area contributed by atoms with Crippen LogP contribution in [0.2, 0.25) is 10.0 Å². The molecule has 0 radical (unpaired) electrons. The fourth-order valence-electron chi connectivity index (χ4n) is 2.73. The molecule has 0 bridgehead atoms. The molecule has 0 amide bonds. The molecule has 3 rings (SSSR count). The van der Waals surface area contributed by atoms with Crippen LogP contribution >= 0.6 is 23.2 Å². The normalized spacial score (nSPS) is 11.9. The molecule has 0 fully saturated rings. The average Bonchev–Trinajstić information content (AvgIpc) is 3.12. The van der Waals surface area contributed by atoms with Crippen molar-refractivity contribution in [2.75, 3.05) is 0 Å². The third-order valence-corrected chi connectivity index (χ3v) is 4.70. The molecule has 5 heteroatoms. The van der Waals surface area contributed by atoms with Crippen LogP contribution in [0.1, 0.15) is 28.4 Å². The summed E-state index contributed by atoms with van der Waals surface area (Å²) >= 11 is 12.1. The van der Waals surface area contributed by atoms with E-state index in [1.165, 1.54) is 0 Å². The van der Waals surface area contributed by atoms with E-state index in [1.54, 1.807) is 35.2 Å². The molecule has 0 saturated carbocycles. The zero-order valence-corrected chi connectivity index (χ0v) is 14.9. The van der Waals surface area contributed by atoms with E-state index in [2.05, 4.69) is 11.7 Å². The van der Waals surface area contributed by atoms with Gasteiger partial charge in [-0.1, -0.05) is 53.5 Å². The minimum atomic E-state index is -0.397. The van der Waals surface area contributed by atoms with E-state index < -0.39 is 5.92 Å². The van der Waals surface area contributed by atoms with Crippen LogP contribution < -0.4 is 0 Å². The van der Waals surface area contributed by atoms with Crippen LogP contribution in [-0.4, -0.2) is 15.6 Å². The Hall–Kier alpha value is -2.36. The zero-order chi connectivity index (χ0) is 17.8. The number of carbonyl (C=O) groups excluding carboxylic acids is 1. The maximum absolute atomic E-state index is 13.2. The molecule has 0 aliphatic rings. The van der Waals surface area contributed by atoms with E-state index in [1.807, 2.05) is 36.4 Å². The fourth-order valence-corrected chi connectivity index (χ4v) is 3.04. The van der Waals surface area contributed by atoms with Crippen molar-refractivity contribution in [2.24, 2.45) is 0 Å². The van der Waals surface area contributed by atoms with Crippen molar-refractivity contribution >= 4 is 29.0 Å². The Morgan fingerprint density at radius 3 is 2.56 bits per heavy atom. The molecule has 0 saturated heterocycles. The van der Waals surface area contributed by atoms with Crippen LogP contribution in [0.25, 0.3) is 5.69 Å². The average molecular weight is 371 g/mol. The van der Waals surface area contributed by atoms with Gasteiger partial charge in [-0.2, -0.15) is 5.10 Å². The van der Waals surface area contributed by atoms with E-state index in [-0.39, 0.29) is 5.78 Å². The number of para-hydroxylation sites is 1. The maximum Gasteiger partial charge on any atom is 0.189 e. The van der Waals surface area contributed by atoms with Crippen LogP contribution in [0.4, 0.5) is 0 Å². The molecule has 3 aromatic rings. The Kier molecular flexibility index (Phi) is 5.37. The summed E-state index contributed by atoms with van der Waals surface area (Å²) in [5, 5.41) is 5.19. The zero-order valence-electron chi connectivity index (χ0n) is 13.4. The molecule has 3 nitrogen and oxygen atoms in total. The summed E-state index contributed by atoms with van der Waals surface area (Å²) in [4.78, 5) is 13.2. The lowest BCUT2D eigenvalue weighted by atomic mass is 9.90. The van der Waals surface area contributed by atoms with Crippen LogP contribution in [0.5, 0.6) is 0 Å². The Bertz CT molecular complexity index is 903. The molecule has 0 unspecified atom stereocenters. The van der Waals surface area contributed by atoms with E-state index in [9.17, 15) is 4.79 Å². The summed E-state index contributed by atoms with van der Waals surface area (Å²) in [6.07, 6.45) is 3.85. The van der Waals surface area contributed by atoms with Crippen molar-refractivity contribution in [3.8, 4) is 5.69 Å². The second-order valence-corrected chi connectivity index (χ2v) is 6.39. The number of hydrogen-bond donors (Lipinski definition) is 0. The number of ketones is 1. The smallest absolute Gasteiger partial charge is 0.189 e. The fraction of sp³-hybridized carbons (Fsp3) is 0.100. The van der Waals surface area contributed by atoms with Gasteiger partial charge in [-0.05, 0) is 42.3 Å². The van der Waals surface area contributed by atoms with Gasteiger partial charge in [-0.15, -0.1) is 6.58 Å². The maximum atomic E-state index is 13.2. The first kappa shape index (κ1) is 17.5. The van der Waals surface area contributed by atoms with E-state index in [4.69, 9.17) is 23.2 Å². The largest absolute Gasteiger partial charge is 0.292 e. The van der Waals surface area contributed by atoms with Gasteiger partial charge in [-0.3, -0.25) is 4.79 Å². The Balaban J connectivity index is 2.01. The highest BCUT2D eigenvalue weighted by atomic mass is 35.5. The monoisotopic (exact) mass is 370 g/mol. The van der Waals surface area contributed by atoms with Gasteiger partial charge >= 0.3 is 0 Å². The molecular weight excluding hydrogens is 355 g/mol. The first-order valence-corrected chi connectivity index (χ1v) is 8.57. The lowest BCUT2D eigenvalue weighted by molar-refractivity contribution is 0.0952. The summed E-state index contributed by atoms with van der Waals surface area (Å²) in [6, 6.07) is 16.5. The topological polar surface area (TPSA) is 34.9 Å². The van der Waals surface area contributed by atoms with Crippen molar-refractivity contribution < 1.29 is 4.79 Å². The Morgan fingerprint density at radius 2 is 1.88 bits per heavy atom. The molecule has 0 aliphatic carbocycles. The van der Waals surface area contributed by atoms with Crippen LogP contribution in [-0.2, 0) is 0 Å². The Morgan fingerprint density at radius 1 is 1.12 bits per heavy atom. The molecule has 0 aliphatic heterocycles. The van der Waals surface area contributed by atoms with Gasteiger partial charge in [0.15, 0.2) is 5.78 Å². The van der Waals surface area contributed by atoms with Gasteiger partial charge in [0.2, 0.25) is 0 Å². The molecule has 1 heterocycles. The van der Waals surface area contributed by atoms with Gasteiger partial charge < -0.3 is 0 Å². The summed E-state index contributed by atoms with van der Waals surface area (Å²) in [5.41, 5.74) is 2.16. The van der Waals surface area contributed by atoms with Crippen molar-refractivity contribution in [3.05, 3.63) is 94.8 Å². The predicted molar refractivity (Wildman–Crippen MR) is 102 cm³/mol. The second-order valence-electron chi connectivity index (χ2n) is 5.58. The molecule has 2 aromatic carbocycles. The van der Waals surface area contributed by atoms with Crippen LogP contribution in [0.15, 0.2) is 73.4 Å². The molecule has 126 valence electrons. The number of aromatic nitrogens is 2. The predicted octanol–water partition coefficient (Wildman–Crippen LogP) is 5.72. The first-order chi connectivity index (χ1) is 12.1. The third kappa shape index (κ3) is 3.68. The van der Waals surface area contributed by atoms with Gasteiger partial charge in [-0.25, -0.2) is 4.68 Å². The van der Waals surface area contributed by atoms with Crippen LogP contribution in [0.3, 0.4) is 0 Å². The highest BCUT2D eigenvalue weighted by molar-refractivity contribution is 6.42. The summed E-state index contributed by atoms with van der Waals surface area (Å²) in [6.45, 7) is 3.78. The van der Waals surface area contributed by atoms with E-state index >= 15 is 0 Å². The van der Waals surface area contributed by atoms with Crippen molar-refractivity contribution in [1.82, 2.24) is 9.78 Å². The SMILES string of the molecule is C=CC[C@H](C(=O)c1ccnn1-c1ccccc1)c1ccc(Cl)c(Cl)c1. The highest BCUT2D eigenvalue weighted by Gasteiger charge is 2.25. The number of allylic oxidation sites excluding steroid dienone is 1. The second kappa shape index (κ2) is 7.68. The van der Waals surface area contributed by atoms with Crippen LogP contribution in [0, 0.1) is 0 Å². The standard InChI is InChI=1S/C20H16Cl2N2O/c1-2-6-16(14-9-10-17(21)18(22)13-14)20(25)19-11-12-23-24(19)15-7-4-3-5-8-15/h2-5,7-13,16H,1,6H2/t16-/m0/s1. The summed E-state index contributed by atoms with van der Waals surface area (Å²) < 4.78 is 1.65. The number of Topliss-reactive ketones (excluding diaryl/α,β-unsaturated/α-hetero) is 1. The van der Waals surface area contributed by atoms with Gasteiger partial charge in [0, 0.05) is 0 Å². The molecule has 25 heavy (non-hydrogen) atoms. The highest BCUT2D eigenvalue weighted by Crippen LogP contribution is 2.31. The Labute approximate surface area is 156 Å². The minimum Gasteiger partial charge on any atom is -0.292 e. The quantitative estimate of drug-likeness (QED) is 0.410. The van der Waals surface area contributed by atoms with Gasteiger partial charge in [0.05, 0.1) is 27.8 Å². The number of carbonyl (C=O) groups is 1. The molecular formula is C20H16Cl2N2O. The number of halogens is 2. The summed E-state index contributed by atoms with van der Waals surface area (Å²) in [7, 11) is 0. The van der Waals surface area contributed by atoms with E-state index in [0.717, 1.165) is 11.3 Å². The number of hydrogen-bond acceptors (Lipinski definition) is 2. The van der Waals surface area contributed by atoms with E-state index in [0.29, 0.717) is 22.2 Å². The molecule has 1 aromatic heterocycles. The van der Waals surface area contributed by atoms with Gasteiger partial charge in [0.1, 0.15) is 5.69 Å². The third-order valence-electron chi connectivity index (χ3n) is 3.96. The van der Waals surface area contributed by atoms with Crippen molar-refractivity contribution in [1.29, 1.82) is 0 Å². The minimum absolute atomic E-state index is 0.0420. The lowest BCUT2D eigenvalue weighted by Crippen LogP contribution is -2.17. The number of benzene rings is 2. The first-order valence-electron chi connectivity index (χ1n) is 7.81. The number of rotatable bonds is 6. The molecule has 0 N–H and O–H groups in total.